The van der Waals surface area contributed by atoms with Gasteiger partial charge in [0.2, 0.25) is 5.95 Å². The molecule has 0 bridgehead atoms. The van der Waals surface area contributed by atoms with Crippen molar-refractivity contribution in [1.82, 2.24) is 14.9 Å². The molecule has 2 amide bonds. The molecule has 0 atom stereocenters. The summed E-state index contributed by atoms with van der Waals surface area (Å²) in [6.07, 6.45) is 3.01. The smallest absolute Gasteiger partial charge is 0.316 e. The monoisotopic (exact) mass is 278 g/mol. The number of anilines is 1. The Balaban J connectivity index is 2.70. The number of aromatic nitrogens is 2. The summed E-state index contributed by atoms with van der Waals surface area (Å²) in [6.45, 7) is 9.16. The van der Waals surface area contributed by atoms with Crippen LogP contribution in [0.15, 0.2) is 18.5 Å². The standard InChI is InChI=1S/C14H22N4O2/c1-10(2)8-18(9-11(3)4)13(20)12(19)17-14-15-6-5-7-16-14/h5-7,10-11H,8-9H2,1-4H3,(H,15,16,17,19). The van der Waals surface area contributed by atoms with Gasteiger partial charge in [0.05, 0.1) is 0 Å². The maximum absolute atomic E-state index is 12.2. The molecule has 0 spiro atoms. The van der Waals surface area contributed by atoms with Crippen molar-refractivity contribution in [3.63, 3.8) is 0 Å². The van der Waals surface area contributed by atoms with E-state index in [-0.39, 0.29) is 5.95 Å². The number of carbonyl (C=O) groups is 2. The molecule has 110 valence electrons. The summed E-state index contributed by atoms with van der Waals surface area (Å²) in [5.41, 5.74) is 0. The van der Waals surface area contributed by atoms with Crippen LogP contribution in [0.3, 0.4) is 0 Å². The first kappa shape index (κ1) is 16.1. The van der Waals surface area contributed by atoms with E-state index < -0.39 is 11.8 Å². The second kappa shape index (κ2) is 7.57. The molecule has 0 unspecified atom stereocenters. The van der Waals surface area contributed by atoms with Crippen molar-refractivity contribution in [2.45, 2.75) is 27.7 Å². The van der Waals surface area contributed by atoms with E-state index in [0.29, 0.717) is 24.9 Å². The normalized spacial score (nSPS) is 10.7. The minimum absolute atomic E-state index is 0.139. The number of rotatable bonds is 5. The Morgan fingerprint density at radius 1 is 1.10 bits per heavy atom. The summed E-state index contributed by atoms with van der Waals surface area (Å²) in [5.74, 6) is -0.491. The van der Waals surface area contributed by atoms with Crippen LogP contribution in [0, 0.1) is 11.8 Å². The Labute approximate surface area is 119 Å². The van der Waals surface area contributed by atoms with Gasteiger partial charge in [-0.2, -0.15) is 0 Å². The molecule has 1 aromatic heterocycles. The van der Waals surface area contributed by atoms with Gasteiger partial charge < -0.3 is 4.90 Å². The van der Waals surface area contributed by atoms with Gasteiger partial charge >= 0.3 is 11.8 Å². The van der Waals surface area contributed by atoms with Crippen molar-refractivity contribution >= 4 is 17.8 Å². The molecule has 0 saturated carbocycles. The molecule has 0 aliphatic rings. The Hall–Kier alpha value is -1.98. The molecule has 0 aliphatic heterocycles. The number of hydrogen-bond acceptors (Lipinski definition) is 4. The summed E-state index contributed by atoms with van der Waals surface area (Å²) in [7, 11) is 0. The third-order valence-corrected chi connectivity index (χ3v) is 2.44. The number of hydrogen-bond donors (Lipinski definition) is 1. The highest BCUT2D eigenvalue weighted by Crippen LogP contribution is 2.05. The van der Waals surface area contributed by atoms with Crippen LogP contribution in [0.4, 0.5) is 5.95 Å². The van der Waals surface area contributed by atoms with Crippen molar-refractivity contribution in [2.75, 3.05) is 18.4 Å². The van der Waals surface area contributed by atoms with Crippen molar-refractivity contribution < 1.29 is 9.59 Å². The van der Waals surface area contributed by atoms with Gasteiger partial charge in [0.1, 0.15) is 0 Å². The SMILES string of the molecule is CC(C)CN(CC(C)C)C(=O)C(=O)Nc1ncccn1. The van der Waals surface area contributed by atoms with E-state index in [4.69, 9.17) is 0 Å². The van der Waals surface area contributed by atoms with Gasteiger partial charge in [-0.25, -0.2) is 9.97 Å². The second-order valence-electron chi connectivity index (χ2n) is 5.52. The first-order valence-electron chi connectivity index (χ1n) is 6.77. The predicted molar refractivity (Wildman–Crippen MR) is 76.9 cm³/mol. The second-order valence-corrected chi connectivity index (χ2v) is 5.52. The molecule has 1 heterocycles. The van der Waals surface area contributed by atoms with E-state index in [1.54, 1.807) is 11.0 Å². The maximum atomic E-state index is 12.2. The summed E-state index contributed by atoms with van der Waals surface area (Å²) in [5, 5.41) is 2.42. The van der Waals surface area contributed by atoms with Crippen LogP contribution < -0.4 is 5.32 Å². The van der Waals surface area contributed by atoms with Crippen molar-refractivity contribution in [1.29, 1.82) is 0 Å². The highest BCUT2D eigenvalue weighted by atomic mass is 16.2. The minimum Gasteiger partial charge on any atom is -0.334 e. The molecule has 0 aromatic carbocycles. The van der Waals surface area contributed by atoms with Crippen LogP contribution >= 0.6 is 0 Å². The fourth-order valence-corrected chi connectivity index (χ4v) is 1.78. The highest BCUT2D eigenvalue weighted by molar-refractivity contribution is 6.39. The molecule has 6 heteroatoms. The molecule has 1 rings (SSSR count). The zero-order valence-electron chi connectivity index (χ0n) is 12.5. The van der Waals surface area contributed by atoms with Crippen LogP contribution in [0.5, 0.6) is 0 Å². The molecule has 20 heavy (non-hydrogen) atoms. The largest absolute Gasteiger partial charge is 0.334 e. The lowest BCUT2D eigenvalue weighted by atomic mass is 10.1. The van der Waals surface area contributed by atoms with E-state index in [1.807, 2.05) is 27.7 Å². The molecule has 0 fully saturated rings. The van der Waals surface area contributed by atoms with Crippen LogP contribution in [0.25, 0.3) is 0 Å². The van der Waals surface area contributed by atoms with E-state index in [0.717, 1.165) is 0 Å². The molecular formula is C14H22N4O2. The van der Waals surface area contributed by atoms with Gasteiger partial charge in [0.25, 0.3) is 0 Å². The Morgan fingerprint density at radius 3 is 2.05 bits per heavy atom. The Bertz CT molecular complexity index is 436. The maximum Gasteiger partial charge on any atom is 0.316 e. The topological polar surface area (TPSA) is 75.2 Å². The van der Waals surface area contributed by atoms with E-state index >= 15 is 0 Å². The van der Waals surface area contributed by atoms with Crippen molar-refractivity contribution in [2.24, 2.45) is 11.8 Å². The lowest BCUT2D eigenvalue weighted by Crippen LogP contribution is -2.43. The number of amides is 2. The average molecular weight is 278 g/mol. The Kier molecular flexibility index (Phi) is 6.09. The summed E-state index contributed by atoms with van der Waals surface area (Å²) in [4.78, 5) is 33.4. The average Bonchev–Trinajstić information content (AvgIpc) is 2.37. The molecule has 0 radical (unpaired) electrons. The van der Waals surface area contributed by atoms with Gasteiger partial charge in [0, 0.05) is 25.5 Å². The summed E-state index contributed by atoms with van der Waals surface area (Å²) >= 11 is 0. The fraction of sp³-hybridized carbons (Fsp3) is 0.571. The van der Waals surface area contributed by atoms with Crippen LogP contribution in [0.1, 0.15) is 27.7 Å². The zero-order valence-corrected chi connectivity index (χ0v) is 12.5. The van der Waals surface area contributed by atoms with Gasteiger partial charge in [-0.05, 0) is 17.9 Å². The van der Waals surface area contributed by atoms with Gasteiger partial charge in [0.15, 0.2) is 0 Å². The van der Waals surface area contributed by atoms with Crippen LogP contribution in [0.2, 0.25) is 0 Å². The lowest BCUT2D eigenvalue weighted by Gasteiger charge is -2.25. The quantitative estimate of drug-likeness (QED) is 0.829. The van der Waals surface area contributed by atoms with Crippen LogP contribution in [-0.2, 0) is 9.59 Å². The molecule has 1 N–H and O–H groups in total. The van der Waals surface area contributed by atoms with Gasteiger partial charge in [-0.15, -0.1) is 0 Å². The molecular weight excluding hydrogens is 256 g/mol. The fourth-order valence-electron chi connectivity index (χ4n) is 1.78. The minimum atomic E-state index is -0.697. The van der Waals surface area contributed by atoms with Crippen LogP contribution in [-0.4, -0.2) is 39.8 Å². The number of nitrogens with one attached hydrogen (secondary N) is 1. The van der Waals surface area contributed by atoms with Crippen molar-refractivity contribution in [3.05, 3.63) is 18.5 Å². The first-order chi connectivity index (χ1) is 9.40. The molecule has 1 aromatic rings. The molecule has 0 aliphatic carbocycles. The first-order valence-corrected chi connectivity index (χ1v) is 6.77. The number of carbonyl (C=O) groups excluding carboxylic acids is 2. The van der Waals surface area contributed by atoms with Crippen molar-refractivity contribution in [3.8, 4) is 0 Å². The van der Waals surface area contributed by atoms with Gasteiger partial charge in [-0.1, -0.05) is 27.7 Å². The highest BCUT2D eigenvalue weighted by Gasteiger charge is 2.23. The third kappa shape index (κ3) is 5.34. The van der Waals surface area contributed by atoms with E-state index in [9.17, 15) is 9.59 Å². The summed E-state index contributed by atoms with van der Waals surface area (Å²) in [6, 6.07) is 1.64. The zero-order chi connectivity index (χ0) is 15.1. The number of nitrogens with zero attached hydrogens (tertiary/aromatic N) is 3. The third-order valence-electron chi connectivity index (χ3n) is 2.44. The van der Waals surface area contributed by atoms with E-state index in [2.05, 4.69) is 15.3 Å². The molecule has 0 saturated heterocycles. The van der Waals surface area contributed by atoms with E-state index in [1.165, 1.54) is 12.4 Å². The molecule has 6 nitrogen and oxygen atoms in total. The summed E-state index contributed by atoms with van der Waals surface area (Å²) < 4.78 is 0. The lowest BCUT2D eigenvalue weighted by molar-refractivity contribution is -0.143. The van der Waals surface area contributed by atoms with Gasteiger partial charge in [-0.3, -0.25) is 14.9 Å². The Morgan fingerprint density at radius 2 is 1.60 bits per heavy atom. The predicted octanol–water partition coefficient (Wildman–Crippen LogP) is 1.56.